The zero-order valence-corrected chi connectivity index (χ0v) is 20.8. The van der Waals surface area contributed by atoms with Crippen LogP contribution in [0.4, 0.5) is 0 Å². The van der Waals surface area contributed by atoms with Gasteiger partial charge < -0.3 is 4.90 Å². The van der Waals surface area contributed by atoms with Crippen LogP contribution < -0.4 is 11.2 Å². The number of nitrogens with zero attached hydrogens (tertiary/aromatic N) is 3. The molecule has 2 heterocycles. The summed E-state index contributed by atoms with van der Waals surface area (Å²) in [6, 6.07) is 21.6. The summed E-state index contributed by atoms with van der Waals surface area (Å²) in [6.45, 7) is 1.91. The molecular weight excluding hydrogens is 474 g/mol. The van der Waals surface area contributed by atoms with E-state index < -0.39 is 5.69 Å². The highest BCUT2D eigenvalue weighted by Gasteiger charge is 2.17. The predicted octanol–water partition coefficient (Wildman–Crippen LogP) is 4.80. The molecule has 1 aliphatic heterocycles. The normalized spacial score (nSPS) is 14.1. The molecule has 0 N–H and O–H groups in total. The van der Waals surface area contributed by atoms with E-state index >= 15 is 0 Å². The molecule has 0 radical (unpaired) electrons. The predicted molar refractivity (Wildman–Crippen MR) is 143 cm³/mol. The van der Waals surface area contributed by atoms with E-state index in [2.05, 4.69) is 0 Å². The second kappa shape index (κ2) is 10.5. The number of likely N-dealkylation sites (tertiary alicyclic amines) is 1. The van der Waals surface area contributed by atoms with E-state index in [4.69, 9.17) is 11.6 Å². The Balaban J connectivity index is 1.50. The molecule has 0 bridgehead atoms. The van der Waals surface area contributed by atoms with Gasteiger partial charge in [0, 0.05) is 18.1 Å². The van der Waals surface area contributed by atoms with Crippen molar-refractivity contribution in [2.45, 2.75) is 38.6 Å². The molecular formula is C29H28ClN3O3. The third-order valence-electron chi connectivity index (χ3n) is 6.79. The van der Waals surface area contributed by atoms with Gasteiger partial charge in [0.25, 0.3) is 5.56 Å². The molecule has 1 fully saturated rings. The lowest BCUT2D eigenvalue weighted by molar-refractivity contribution is -0.130. The van der Waals surface area contributed by atoms with Crippen LogP contribution >= 0.6 is 11.6 Å². The lowest BCUT2D eigenvalue weighted by atomic mass is 10.1. The van der Waals surface area contributed by atoms with E-state index in [1.54, 1.807) is 41.0 Å². The van der Waals surface area contributed by atoms with Crippen LogP contribution in [-0.4, -0.2) is 33.0 Å². The SMILES string of the molecule is O=C(Cc1ccc(-n2c(=O)c3ccccc3n(Cc3cccc(Cl)c3)c2=O)cc1)N1CCCCCC1. The van der Waals surface area contributed by atoms with Gasteiger partial charge in [0.1, 0.15) is 0 Å². The Morgan fingerprint density at radius 2 is 1.53 bits per heavy atom. The molecule has 1 amide bonds. The maximum absolute atomic E-state index is 13.6. The Bertz CT molecular complexity index is 1510. The number of benzene rings is 3. The molecule has 0 atom stereocenters. The summed E-state index contributed by atoms with van der Waals surface area (Å²) in [5.41, 5.74) is 1.98. The number of rotatable bonds is 5. The van der Waals surface area contributed by atoms with Gasteiger partial charge in [0.15, 0.2) is 0 Å². The molecule has 4 aromatic rings. The molecule has 6 nitrogen and oxygen atoms in total. The van der Waals surface area contributed by atoms with Gasteiger partial charge in [-0.1, -0.05) is 60.8 Å². The van der Waals surface area contributed by atoms with E-state index in [9.17, 15) is 14.4 Å². The Hall–Kier alpha value is -3.64. The maximum Gasteiger partial charge on any atom is 0.336 e. The van der Waals surface area contributed by atoms with Crippen molar-refractivity contribution in [3.05, 3.63) is 110 Å². The highest BCUT2D eigenvalue weighted by molar-refractivity contribution is 6.30. The summed E-state index contributed by atoms with van der Waals surface area (Å²) in [6.07, 6.45) is 4.77. The molecule has 1 aliphatic rings. The fourth-order valence-electron chi connectivity index (χ4n) is 4.89. The Morgan fingerprint density at radius 1 is 0.806 bits per heavy atom. The van der Waals surface area contributed by atoms with Crippen LogP contribution in [0.15, 0.2) is 82.4 Å². The molecule has 0 unspecified atom stereocenters. The lowest BCUT2D eigenvalue weighted by Gasteiger charge is -2.20. The Labute approximate surface area is 214 Å². The first-order valence-corrected chi connectivity index (χ1v) is 12.8. The van der Waals surface area contributed by atoms with Crippen molar-refractivity contribution < 1.29 is 4.79 Å². The maximum atomic E-state index is 13.6. The molecule has 7 heteroatoms. The zero-order valence-electron chi connectivity index (χ0n) is 20.0. The third kappa shape index (κ3) is 5.00. The molecule has 36 heavy (non-hydrogen) atoms. The number of fused-ring (bicyclic) bond motifs is 1. The van der Waals surface area contributed by atoms with Gasteiger partial charge in [-0.25, -0.2) is 9.36 Å². The van der Waals surface area contributed by atoms with Gasteiger partial charge >= 0.3 is 5.69 Å². The lowest BCUT2D eigenvalue weighted by Crippen LogP contribution is -2.39. The highest BCUT2D eigenvalue weighted by atomic mass is 35.5. The molecule has 5 rings (SSSR count). The van der Waals surface area contributed by atoms with E-state index in [1.807, 2.05) is 41.3 Å². The molecule has 1 saturated heterocycles. The smallest absolute Gasteiger partial charge is 0.336 e. The first kappa shape index (κ1) is 24.1. The van der Waals surface area contributed by atoms with Gasteiger partial charge in [0.2, 0.25) is 5.91 Å². The van der Waals surface area contributed by atoms with Crippen molar-refractivity contribution in [3.8, 4) is 5.69 Å². The molecule has 0 spiro atoms. The Morgan fingerprint density at radius 3 is 2.25 bits per heavy atom. The van der Waals surface area contributed by atoms with Crippen molar-refractivity contribution >= 4 is 28.4 Å². The number of hydrogen-bond donors (Lipinski definition) is 0. The molecule has 0 aliphatic carbocycles. The van der Waals surface area contributed by atoms with Gasteiger partial charge in [0.05, 0.1) is 29.6 Å². The van der Waals surface area contributed by atoms with Crippen LogP contribution in [0, 0.1) is 0 Å². The van der Waals surface area contributed by atoms with E-state index in [1.165, 1.54) is 17.4 Å². The van der Waals surface area contributed by atoms with Crippen molar-refractivity contribution in [2.24, 2.45) is 0 Å². The van der Waals surface area contributed by atoms with Crippen LogP contribution in [0.3, 0.4) is 0 Å². The molecule has 3 aromatic carbocycles. The summed E-state index contributed by atoms with van der Waals surface area (Å²) in [4.78, 5) is 41.7. The summed E-state index contributed by atoms with van der Waals surface area (Å²) >= 11 is 6.16. The van der Waals surface area contributed by atoms with E-state index in [0.29, 0.717) is 28.0 Å². The minimum atomic E-state index is -0.424. The standard InChI is InChI=1S/C29H28ClN3O3/c30-23-9-7-8-22(18-23)20-32-26-11-4-3-10-25(26)28(35)33(29(32)36)24-14-12-21(13-15-24)19-27(34)31-16-5-1-2-6-17-31/h3-4,7-15,18H,1-2,5-6,16-17,19-20H2. The second-order valence-corrected chi connectivity index (χ2v) is 9.73. The third-order valence-corrected chi connectivity index (χ3v) is 7.02. The van der Waals surface area contributed by atoms with Crippen LogP contribution in [0.5, 0.6) is 0 Å². The number of carbonyl (C=O) groups excluding carboxylic acids is 1. The monoisotopic (exact) mass is 501 g/mol. The topological polar surface area (TPSA) is 64.3 Å². The van der Waals surface area contributed by atoms with Gasteiger partial charge in [-0.05, 0) is 60.4 Å². The minimum Gasteiger partial charge on any atom is -0.342 e. The van der Waals surface area contributed by atoms with Crippen LogP contribution in [0.25, 0.3) is 16.6 Å². The largest absolute Gasteiger partial charge is 0.342 e. The fourth-order valence-corrected chi connectivity index (χ4v) is 5.10. The van der Waals surface area contributed by atoms with Gasteiger partial charge in [-0.3, -0.25) is 14.2 Å². The average Bonchev–Trinajstić information content (AvgIpc) is 3.18. The van der Waals surface area contributed by atoms with E-state index in [0.717, 1.165) is 37.1 Å². The van der Waals surface area contributed by atoms with Crippen molar-refractivity contribution in [1.29, 1.82) is 0 Å². The average molecular weight is 502 g/mol. The van der Waals surface area contributed by atoms with Gasteiger partial charge in [-0.15, -0.1) is 0 Å². The summed E-state index contributed by atoms with van der Waals surface area (Å²) in [5, 5.41) is 1.04. The van der Waals surface area contributed by atoms with Crippen molar-refractivity contribution in [3.63, 3.8) is 0 Å². The fraction of sp³-hybridized carbons (Fsp3) is 0.276. The van der Waals surface area contributed by atoms with E-state index in [-0.39, 0.29) is 18.0 Å². The highest BCUT2D eigenvalue weighted by Crippen LogP contribution is 2.16. The number of halogens is 1. The van der Waals surface area contributed by atoms with Crippen LogP contribution in [0.2, 0.25) is 5.02 Å². The molecule has 184 valence electrons. The van der Waals surface area contributed by atoms with Crippen LogP contribution in [-0.2, 0) is 17.8 Å². The number of carbonyl (C=O) groups is 1. The molecule has 0 saturated carbocycles. The van der Waals surface area contributed by atoms with Crippen molar-refractivity contribution in [1.82, 2.24) is 14.0 Å². The zero-order chi connectivity index (χ0) is 25.1. The summed E-state index contributed by atoms with van der Waals surface area (Å²) in [7, 11) is 0. The summed E-state index contributed by atoms with van der Waals surface area (Å²) < 4.78 is 2.80. The first-order chi connectivity index (χ1) is 17.5. The number of hydrogen-bond acceptors (Lipinski definition) is 3. The summed E-state index contributed by atoms with van der Waals surface area (Å²) in [5.74, 6) is 0.122. The minimum absolute atomic E-state index is 0.122. The molecule has 1 aromatic heterocycles. The first-order valence-electron chi connectivity index (χ1n) is 12.4. The number of para-hydroxylation sites is 1. The quantitative estimate of drug-likeness (QED) is 0.394. The van der Waals surface area contributed by atoms with Gasteiger partial charge in [-0.2, -0.15) is 0 Å². The van der Waals surface area contributed by atoms with Crippen LogP contribution in [0.1, 0.15) is 36.8 Å². The van der Waals surface area contributed by atoms with Crippen molar-refractivity contribution in [2.75, 3.05) is 13.1 Å². The number of amides is 1. The second-order valence-electron chi connectivity index (χ2n) is 9.29. The number of aromatic nitrogens is 2. The Kier molecular flexibility index (Phi) is 7.05.